The summed E-state index contributed by atoms with van der Waals surface area (Å²) in [5.74, 6) is -0.291. The maximum absolute atomic E-state index is 14.5. The van der Waals surface area contributed by atoms with Gasteiger partial charge in [0, 0.05) is 34.9 Å². The highest BCUT2D eigenvalue weighted by molar-refractivity contribution is 6.11. The van der Waals surface area contributed by atoms with Gasteiger partial charge in [-0.3, -0.25) is 9.59 Å². The largest absolute Gasteiger partial charge is 0.309 e. The Hall–Kier alpha value is -5.43. The molecule has 4 heterocycles. The van der Waals surface area contributed by atoms with E-state index in [9.17, 15) is 9.59 Å². The normalized spacial score (nSPS) is 11.5. The summed E-state index contributed by atoms with van der Waals surface area (Å²) in [6.45, 7) is 4.64. The molecule has 7 heteroatoms. The smallest absolute Gasteiger partial charge is 0.277 e. The molecule has 7 nitrogen and oxygen atoms in total. The van der Waals surface area contributed by atoms with Gasteiger partial charge in [-0.05, 0) is 56.3 Å². The molecule has 0 saturated carbocycles. The molecule has 0 spiro atoms. The number of carbonyl (C=O) groups is 1. The van der Waals surface area contributed by atoms with Gasteiger partial charge in [-0.2, -0.15) is 0 Å². The summed E-state index contributed by atoms with van der Waals surface area (Å²) in [7, 11) is 0. The zero-order valence-electron chi connectivity index (χ0n) is 23.3. The van der Waals surface area contributed by atoms with Crippen LogP contribution in [0.25, 0.3) is 54.8 Å². The zero-order chi connectivity index (χ0) is 28.8. The Morgan fingerprint density at radius 3 is 1.93 bits per heavy atom. The van der Waals surface area contributed by atoms with Crippen molar-refractivity contribution in [2.45, 2.75) is 20.4 Å². The highest BCUT2D eigenvalue weighted by Crippen LogP contribution is 2.27. The minimum atomic E-state index is -0.363. The number of fused-ring (bicyclic) bond motifs is 7. The molecule has 0 saturated heterocycles. The van der Waals surface area contributed by atoms with Crippen LogP contribution < -0.4 is 10.5 Å². The van der Waals surface area contributed by atoms with Crippen LogP contribution >= 0.6 is 0 Å². The number of aromatic nitrogens is 4. The molecule has 4 aromatic heterocycles. The third-order valence-electron chi connectivity index (χ3n) is 7.77. The number of anilines is 1. The first kappa shape index (κ1) is 25.5. The lowest BCUT2D eigenvalue weighted by atomic mass is 10.1. The summed E-state index contributed by atoms with van der Waals surface area (Å²) in [4.78, 5) is 45.1. The number of benzene rings is 3. The maximum atomic E-state index is 14.5. The molecule has 7 rings (SSSR count). The fourth-order valence-electron chi connectivity index (χ4n) is 5.67. The Morgan fingerprint density at radius 2 is 1.24 bits per heavy atom. The summed E-state index contributed by atoms with van der Waals surface area (Å²) < 4.78 is 1.67. The van der Waals surface area contributed by atoms with Gasteiger partial charge in [-0.25, -0.2) is 15.0 Å². The van der Waals surface area contributed by atoms with E-state index in [1.807, 2.05) is 105 Å². The van der Waals surface area contributed by atoms with Crippen LogP contribution in [0.15, 0.2) is 108 Å². The van der Waals surface area contributed by atoms with Crippen molar-refractivity contribution >= 4 is 66.4 Å². The van der Waals surface area contributed by atoms with E-state index in [0.29, 0.717) is 29.6 Å². The fourth-order valence-corrected chi connectivity index (χ4v) is 5.67. The molecular weight excluding hydrogens is 522 g/mol. The number of para-hydroxylation sites is 2. The van der Waals surface area contributed by atoms with Crippen molar-refractivity contribution < 1.29 is 4.79 Å². The van der Waals surface area contributed by atoms with Crippen molar-refractivity contribution in [3.05, 3.63) is 119 Å². The van der Waals surface area contributed by atoms with E-state index in [0.717, 1.165) is 38.4 Å². The molecule has 204 valence electrons. The molecular formula is C35H27N5O2. The minimum absolute atomic E-state index is 0.0857. The van der Waals surface area contributed by atoms with E-state index in [2.05, 4.69) is 0 Å². The molecule has 1 amide bonds. The lowest BCUT2D eigenvalue weighted by molar-refractivity contribution is 0.0989. The molecule has 0 aliphatic carbocycles. The molecule has 3 aromatic carbocycles. The van der Waals surface area contributed by atoms with Gasteiger partial charge in [-0.15, -0.1) is 0 Å². The first-order chi connectivity index (χ1) is 20.6. The van der Waals surface area contributed by atoms with Crippen LogP contribution in [0.3, 0.4) is 0 Å². The molecule has 0 fully saturated rings. The minimum Gasteiger partial charge on any atom is -0.309 e. The lowest BCUT2D eigenvalue weighted by Gasteiger charge is -2.21. The van der Waals surface area contributed by atoms with Crippen LogP contribution in [-0.4, -0.2) is 32.0 Å². The van der Waals surface area contributed by atoms with Crippen molar-refractivity contribution in [3.8, 4) is 0 Å². The van der Waals surface area contributed by atoms with Crippen LogP contribution in [0.5, 0.6) is 0 Å². The number of carbonyl (C=O) groups excluding carboxylic acids is 1. The standard InChI is InChI=1S/C35H27N5O2/c1-3-39(24-10-6-5-7-11-24)34(41)26-18-21-29-28-20-17-23-15-14-22-16-19-27(36-31(22)32(23)37-28)25-12-8-9-13-30(25)40(4-2)35(42)33(26)38-29/h5-21H,3-4H2,1-2H3. The summed E-state index contributed by atoms with van der Waals surface area (Å²) in [6, 6.07) is 32.6. The van der Waals surface area contributed by atoms with Gasteiger partial charge >= 0.3 is 0 Å². The highest BCUT2D eigenvalue weighted by Gasteiger charge is 2.21. The Labute approximate surface area is 241 Å². The van der Waals surface area contributed by atoms with E-state index in [4.69, 9.17) is 15.0 Å². The molecule has 7 aromatic rings. The molecule has 0 radical (unpaired) electrons. The number of aryl methyl sites for hydroxylation is 1. The third-order valence-corrected chi connectivity index (χ3v) is 7.77. The average molecular weight is 550 g/mol. The van der Waals surface area contributed by atoms with Gasteiger partial charge in [0.25, 0.3) is 11.5 Å². The Balaban J connectivity index is 1.68. The number of pyridine rings is 3. The fraction of sp³-hybridized carbons (Fsp3) is 0.114. The molecule has 0 unspecified atom stereocenters. The van der Waals surface area contributed by atoms with Crippen LogP contribution in [0.4, 0.5) is 5.69 Å². The van der Waals surface area contributed by atoms with Crippen molar-refractivity contribution in [2.24, 2.45) is 0 Å². The van der Waals surface area contributed by atoms with E-state index in [1.165, 1.54) is 0 Å². The lowest BCUT2D eigenvalue weighted by Crippen LogP contribution is -2.32. The first-order valence-electron chi connectivity index (χ1n) is 14.1. The van der Waals surface area contributed by atoms with E-state index in [-0.39, 0.29) is 22.5 Å². The van der Waals surface area contributed by atoms with Gasteiger partial charge in [-0.1, -0.05) is 60.7 Å². The van der Waals surface area contributed by atoms with E-state index in [1.54, 1.807) is 21.6 Å². The van der Waals surface area contributed by atoms with Crippen molar-refractivity contribution in [3.63, 3.8) is 0 Å². The van der Waals surface area contributed by atoms with Crippen LogP contribution in [-0.2, 0) is 6.54 Å². The molecule has 0 atom stereocenters. The number of amides is 1. The number of nitrogens with zero attached hydrogens (tertiary/aromatic N) is 5. The summed E-state index contributed by atoms with van der Waals surface area (Å²) in [5.41, 5.74) is 4.80. The van der Waals surface area contributed by atoms with Crippen LogP contribution in [0, 0.1) is 0 Å². The SMILES string of the molecule is CCN(C(=O)c1ccc2nc1c(=O)n(CC)c1ccccc1c1ccc3ccc4ccc2nc4c3n1)c1ccccc1. The predicted octanol–water partition coefficient (Wildman–Crippen LogP) is 7.05. The molecule has 0 N–H and O–H groups in total. The third kappa shape index (κ3) is 4.09. The summed E-state index contributed by atoms with van der Waals surface area (Å²) >= 11 is 0. The Bertz CT molecular complexity index is 2280. The molecule has 0 aliphatic rings. The van der Waals surface area contributed by atoms with Crippen molar-refractivity contribution in [2.75, 3.05) is 11.4 Å². The van der Waals surface area contributed by atoms with Crippen LogP contribution in [0.1, 0.15) is 24.2 Å². The van der Waals surface area contributed by atoms with Gasteiger partial charge in [0.2, 0.25) is 0 Å². The van der Waals surface area contributed by atoms with Gasteiger partial charge in [0.15, 0.2) is 0 Å². The Morgan fingerprint density at radius 1 is 0.667 bits per heavy atom. The van der Waals surface area contributed by atoms with Crippen molar-refractivity contribution in [1.29, 1.82) is 0 Å². The highest BCUT2D eigenvalue weighted by atomic mass is 16.2. The summed E-state index contributed by atoms with van der Waals surface area (Å²) in [5, 5.41) is 2.74. The van der Waals surface area contributed by atoms with Gasteiger partial charge in [0.05, 0.1) is 38.7 Å². The van der Waals surface area contributed by atoms with E-state index >= 15 is 0 Å². The topological polar surface area (TPSA) is 81.0 Å². The van der Waals surface area contributed by atoms with Gasteiger partial charge < -0.3 is 9.47 Å². The second kappa shape index (κ2) is 10.2. The van der Waals surface area contributed by atoms with Crippen LogP contribution in [0.2, 0.25) is 0 Å². The molecule has 0 aliphatic heterocycles. The number of hydrogen-bond acceptors (Lipinski definition) is 5. The number of rotatable bonds is 4. The second-order valence-corrected chi connectivity index (χ2v) is 10.1. The zero-order valence-corrected chi connectivity index (χ0v) is 23.3. The number of hydrogen-bond donors (Lipinski definition) is 0. The molecule has 42 heavy (non-hydrogen) atoms. The summed E-state index contributed by atoms with van der Waals surface area (Å²) in [6.07, 6.45) is 0. The van der Waals surface area contributed by atoms with E-state index < -0.39 is 0 Å². The monoisotopic (exact) mass is 549 g/mol. The maximum Gasteiger partial charge on any atom is 0.277 e. The van der Waals surface area contributed by atoms with Gasteiger partial charge in [0.1, 0.15) is 5.52 Å². The predicted molar refractivity (Wildman–Crippen MR) is 170 cm³/mol. The molecule has 6 bridgehead atoms. The average Bonchev–Trinajstić information content (AvgIpc) is 3.05. The quantitative estimate of drug-likeness (QED) is 0.220. The first-order valence-corrected chi connectivity index (χ1v) is 14.1. The second-order valence-electron chi connectivity index (χ2n) is 10.1. The van der Waals surface area contributed by atoms with Crippen molar-refractivity contribution in [1.82, 2.24) is 19.5 Å². The Kier molecular flexibility index (Phi) is 6.20.